The van der Waals surface area contributed by atoms with Gasteiger partial charge >= 0.3 is 0 Å². The van der Waals surface area contributed by atoms with Crippen LogP contribution < -0.4 is 5.73 Å². The molecule has 0 spiro atoms. The lowest BCUT2D eigenvalue weighted by atomic mass is 10.2. The SMILES string of the molecule is NC(=O)C1=Nn2nnnc2C1=Nc1ccc(O)c(Cl)c1. The van der Waals surface area contributed by atoms with Gasteiger partial charge in [-0.05, 0) is 28.6 Å². The van der Waals surface area contributed by atoms with E-state index in [-0.39, 0.29) is 28.0 Å². The van der Waals surface area contributed by atoms with Crippen LogP contribution in [-0.4, -0.2) is 42.8 Å². The first kappa shape index (κ1) is 12.2. The second-order valence-corrected chi connectivity index (χ2v) is 4.21. The average Bonchev–Trinajstić information content (AvgIpc) is 2.96. The largest absolute Gasteiger partial charge is 0.506 e. The highest BCUT2D eigenvalue weighted by Crippen LogP contribution is 2.28. The van der Waals surface area contributed by atoms with Crippen molar-refractivity contribution in [3.8, 4) is 5.75 Å². The summed E-state index contributed by atoms with van der Waals surface area (Å²) in [5.41, 5.74) is 5.69. The number of aromatic hydroxyl groups is 1. The van der Waals surface area contributed by atoms with Crippen molar-refractivity contribution in [2.45, 2.75) is 0 Å². The van der Waals surface area contributed by atoms with E-state index in [1.54, 1.807) is 0 Å². The van der Waals surface area contributed by atoms with Gasteiger partial charge in [-0.25, -0.2) is 4.99 Å². The zero-order valence-electron chi connectivity index (χ0n) is 9.73. The zero-order chi connectivity index (χ0) is 14.3. The minimum absolute atomic E-state index is 0.0735. The molecule has 1 aliphatic heterocycles. The number of carbonyl (C=O) groups is 1. The Hall–Kier alpha value is -2.81. The summed E-state index contributed by atoms with van der Waals surface area (Å²) in [5, 5.41) is 24.0. The van der Waals surface area contributed by atoms with Crippen LogP contribution >= 0.6 is 11.6 Å². The molecule has 0 saturated carbocycles. The first-order valence-electron chi connectivity index (χ1n) is 5.31. The van der Waals surface area contributed by atoms with Crippen LogP contribution in [0.1, 0.15) is 5.82 Å². The lowest BCUT2D eigenvalue weighted by Crippen LogP contribution is -2.29. The smallest absolute Gasteiger partial charge is 0.271 e. The number of halogens is 1. The van der Waals surface area contributed by atoms with Gasteiger partial charge < -0.3 is 10.8 Å². The molecular formula is C10H6ClN7O2. The Labute approximate surface area is 116 Å². The van der Waals surface area contributed by atoms with E-state index in [9.17, 15) is 9.90 Å². The van der Waals surface area contributed by atoms with Gasteiger partial charge in [0, 0.05) is 0 Å². The molecule has 1 amide bonds. The molecule has 0 atom stereocenters. The standard InChI is InChI=1S/C10H6ClN7O2/c11-5-3-4(1-2-6(5)19)13-8-7(9(12)20)15-18-10(8)14-16-17-18/h1-3,19H,(H2,12,20). The normalized spacial score (nSPS) is 15.2. The topological polar surface area (TPSA) is 132 Å². The molecule has 3 rings (SSSR count). The number of phenolic OH excluding ortho intramolecular Hbond substituents is 1. The number of hydrogen-bond donors (Lipinski definition) is 2. The van der Waals surface area contributed by atoms with Crippen LogP contribution in [0.2, 0.25) is 5.02 Å². The molecule has 0 bridgehead atoms. The molecule has 0 radical (unpaired) electrons. The monoisotopic (exact) mass is 291 g/mol. The number of phenols is 1. The number of hydrogen-bond acceptors (Lipinski definition) is 7. The van der Waals surface area contributed by atoms with Crippen molar-refractivity contribution in [2.24, 2.45) is 15.8 Å². The molecule has 0 aliphatic carbocycles. The summed E-state index contributed by atoms with van der Waals surface area (Å²) < 4.78 is 0. The summed E-state index contributed by atoms with van der Waals surface area (Å²) in [4.78, 5) is 16.6. The maximum Gasteiger partial charge on any atom is 0.271 e. The van der Waals surface area contributed by atoms with Crippen LogP contribution in [0, 0.1) is 0 Å². The predicted molar refractivity (Wildman–Crippen MR) is 69.2 cm³/mol. The molecule has 1 aliphatic rings. The molecule has 3 N–H and O–H groups in total. The second kappa shape index (κ2) is 4.38. The van der Waals surface area contributed by atoms with Gasteiger partial charge in [0.1, 0.15) is 11.5 Å². The Balaban J connectivity index is 2.12. The minimum Gasteiger partial charge on any atom is -0.506 e. The molecule has 20 heavy (non-hydrogen) atoms. The Kier molecular flexibility index (Phi) is 2.68. The average molecular weight is 292 g/mol. The van der Waals surface area contributed by atoms with Crippen LogP contribution in [0.15, 0.2) is 28.3 Å². The lowest BCUT2D eigenvalue weighted by Gasteiger charge is -2.00. The molecule has 2 heterocycles. The number of primary amides is 1. The van der Waals surface area contributed by atoms with Gasteiger partial charge in [0.25, 0.3) is 5.91 Å². The fourth-order valence-corrected chi connectivity index (χ4v) is 1.78. The number of tetrazole rings is 1. The van der Waals surface area contributed by atoms with Crippen LogP contribution in [0.3, 0.4) is 0 Å². The Morgan fingerprint density at radius 3 is 2.95 bits per heavy atom. The summed E-state index contributed by atoms with van der Waals surface area (Å²) in [6.45, 7) is 0. The minimum atomic E-state index is -0.763. The van der Waals surface area contributed by atoms with E-state index < -0.39 is 5.91 Å². The maximum absolute atomic E-state index is 11.3. The predicted octanol–water partition coefficient (Wildman–Crippen LogP) is -0.144. The molecule has 1 aromatic carbocycles. The number of fused-ring (bicyclic) bond motifs is 1. The first-order valence-corrected chi connectivity index (χ1v) is 5.69. The molecule has 2 aromatic rings. The number of benzene rings is 1. The van der Waals surface area contributed by atoms with Crippen molar-refractivity contribution in [1.29, 1.82) is 0 Å². The van der Waals surface area contributed by atoms with E-state index in [0.717, 1.165) is 4.79 Å². The maximum atomic E-state index is 11.3. The fraction of sp³-hybridized carbons (Fsp3) is 0. The van der Waals surface area contributed by atoms with E-state index >= 15 is 0 Å². The third kappa shape index (κ3) is 1.89. The van der Waals surface area contributed by atoms with Crippen LogP contribution in [0.5, 0.6) is 5.75 Å². The van der Waals surface area contributed by atoms with Crippen LogP contribution in [-0.2, 0) is 4.79 Å². The van der Waals surface area contributed by atoms with Crippen LogP contribution in [0.25, 0.3) is 0 Å². The first-order chi connectivity index (χ1) is 9.56. The highest BCUT2D eigenvalue weighted by atomic mass is 35.5. The number of nitrogens with two attached hydrogens (primary N) is 1. The van der Waals surface area contributed by atoms with E-state index in [0.29, 0.717) is 5.69 Å². The highest BCUT2D eigenvalue weighted by molar-refractivity contribution is 6.70. The lowest BCUT2D eigenvalue weighted by molar-refractivity contribution is -0.111. The molecule has 9 nitrogen and oxygen atoms in total. The molecule has 0 fully saturated rings. The van der Waals surface area contributed by atoms with Gasteiger partial charge in [-0.2, -0.15) is 0 Å². The number of carbonyl (C=O) groups excluding carboxylic acids is 1. The third-order valence-electron chi connectivity index (χ3n) is 2.49. The van der Waals surface area contributed by atoms with Gasteiger partial charge in [0.05, 0.1) is 10.7 Å². The zero-order valence-corrected chi connectivity index (χ0v) is 10.5. The van der Waals surface area contributed by atoms with E-state index in [4.69, 9.17) is 17.3 Å². The van der Waals surface area contributed by atoms with Gasteiger partial charge in [-0.3, -0.25) is 4.79 Å². The third-order valence-corrected chi connectivity index (χ3v) is 2.79. The van der Waals surface area contributed by atoms with Crippen molar-refractivity contribution >= 4 is 34.6 Å². The van der Waals surface area contributed by atoms with Gasteiger partial charge in [-0.1, -0.05) is 11.6 Å². The fourth-order valence-electron chi connectivity index (χ4n) is 1.60. The van der Waals surface area contributed by atoms with Gasteiger partial charge in [0.15, 0.2) is 5.71 Å². The van der Waals surface area contributed by atoms with Crippen molar-refractivity contribution in [3.05, 3.63) is 29.0 Å². The quantitative estimate of drug-likeness (QED) is 0.794. The Morgan fingerprint density at radius 2 is 2.25 bits per heavy atom. The molecule has 0 saturated heterocycles. The summed E-state index contributed by atoms with van der Waals surface area (Å²) in [7, 11) is 0. The molecular weight excluding hydrogens is 286 g/mol. The van der Waals surface area contributed by atoms with Crippen molar-refractivity contribution in [1.82, 2.24) is 20.3 Å². The van der Waals surface area contributed by atoms with Crippen LogP contribution in [0.4, 0.5) is 5.69 Å². The van der Waals surface area contributed by atoms with Gasteiger partial charge in [-0.15, -0.1) is 15.0 Å². The summed E-state index contributed by atoms with van der Waals surface area (Å²) in [6.07, 6.45) is 0. The highest BCUT2D eigenvalue weighted by Gasteiger charge is 2.30. The Bertz CT molecular complexity index is 780. The molecule has 10 heteroatoms. The summed E-state index contributed by atoms with van der Waals surface area (Å²) in [6, 6.07) is 4.31. The second-order valence-electron chi connectivity index (χ2n) is 3.80. The van der Waals surface area contributed by atoms with E-state index in [2.05, 4.69) is 25.6 Å². The number of aromatic nitrogens is 4. The number of amides is 1. The number of nitrogens with zero attached hydrogens (tertiary/aromatic N) is 6. The Morgan fingerprint density at radius 1 is 1.45 bits per heavy atom. The molecule has 0 unspecified atom stereocenters. The van der Waals surface area contributed by atoms with Crippen molar-refractivity contribution < 1.29 is 9.90 Å². The van der Waals surface area contributed by atoms with E-state index in [1.165, 1.54) is 18.2 Å². The van der Waals surface area contributed by atoms with Crippen molar-refractivity contribution in [3.63, 3.8) is 0 Å². The number of aliphatic imine (C=N–C) groups is 1. The van der Waals surface area contributed by atoms with Crippen molar-refractivity contribution in [2.75, 3.05) is 0 Å². The van der Waals surface area contributed by atoms with Gasteiger partial charge in [0.2, 0.25) is 5.82 Å². The molecule has 100 valence electrons. The molecule has 1 aromatic heterocycles. The summed E-state index contributed by atoms with van der Waals surface area (Å²) >= 11 is 5.79. The van der Waals surface area contributed by atoms with E-state index in [1.807, 2.05) is 0 Å². The number of rotatable bonds is 2. The summed E-state index contributed by atoms with van der Waals surface area (Å²) in [5.74, 6) is -0.639.